The van der Waals surface area contributed by atoms with E-state index in [-0.39, 0.29) is 18.1 Å². The Morgan fingerprint density at radius 2 is 2.00 bits per heavy atom. The lowest BCUT2D eigenvalue weighted by atomic mass is 10.1. The van der Waals surface area contributed by atoms with Crippen molar-refractivity contribution in [3.63, 3.8) is 0 Å². The molecule has 0 bridgehead atoms. The average Bonchev–Trinajstić information content (AvgIpc) is 3.36. The zero-order chi connectivity index (χ0) is 17.6. The van der Waals surface area contributed by atoms with Gasteiger partial charge in [0.05, 0.1) is 5.71 Å². The first kappa shape index (κ1) is 18.9. The van der Waals surface area contributed by atoms with Crippen LogP contribution < -0.4 is 5.43 Å². The molecule has 1 fully saturated rings. The Morgan fingerprint density at radius 1 is 1.23 bits per heavy atom. The summed E-state index contributed by atoms with van der Waals surface area (Å²) < 4.78 is 29.1. The van der Waals surface area contributed by atoms with E-state index in [2.05, 4.69) is 40.0 Å². The number of nitrogens with one attached hydrogen (secondary N) is 1. The number of nitrogens with zero attached hydrogens (tertiary/aromatic N) is 3. The first-order valence-electron chi connectivity index (χ1n) is 8.21. The van der Waals surface area contributed by atoms with E-state index >= 15 is 0 Å². The summed E-state index contributed by atoms with van der Waals surface area (Å²) in [6.45, 7) is 4.26. The molecule has 1 saturated carbocycles. The molecular weight excluding hydrogens is 378 g/mol. The topological polar surface area (TPSA) is 41.7 Å². The second-order valence-corrected chi connectivity index (χ2v) is 7.32. The third kappa shape index (κ3) is 3.64. The van der Waals surface area contributed by atoms with Gasteiger partial charge in [-0.15, -0.1) is 12.4 Å². The summed E-state index contributed by atoms with van der Waals surface area (Å²) >= 11 is 1.46. The Labute approximate surface area is 161 Å². The lowest BCUT2D eigenvalue weighted by molar-refractivity contribution is 0.585. The average molecular weight is 397 g/mol. The van der Waals surface area contributed by atoms with E-state index in [0.717, 1.165) is 17.3 Å². The molecule has 2 aliphatic rings. The van der Waals surface area contributed by atoms with Crippen molar-refractivity contribution in [3.05, 3.63) is 52.9 Å². The number of thioether (sulfide) groups is 1. The van der Waals surface area contributed by atoms with Crippen LogP contribution in [0.3, 0.4) is 0 Å². The maximum atomic E-state index is 13.7. The van der Waals surface area contributed by atoms with Crippen molar-refractivity contribution in [2.75, 3.05) is 5.75 Å². The molecule has 4 rings (SSSR count). The SMILES string of the molecule is Cc1cc(C2=NNC(=Nc3ccc(F)cc3F)SC2)c(C)n1C1CC1.Cl. The van der Waals surface area contributed by atoms with Gasteiger partial charge in [0.25, 0.3) is 0 Å². The summed E-state index contributed by atoms with van der Waals surface area (Å²) in [4.78, 5) is 4.18. The van der Waals surface area contributed by atoms with E-state index in [1.54, 1.807) is 0 Å². The largest absolute Gasteiger partial charge is 0.345 e. The monoisotopic (exact) mass is 396 g/mol. The number of benzene rings is 1. The number of aliphatic imine (C=N–C) groups is 1. The molecule has 0 unspecified atom stereocenters. The molecule has 2 aromatic rings. The fraction of sp³-hybridized carbons (Fsp3) is 0.333. The minimum absolute atomic E-state index is 0. The Hall–Kier alpha value is -1.86. The Balaban J connectivity index is 0.00000196. The highest BCUT2D eigenvalue weighted by Crippen LogP contribution is 2.38. The van der Waals surface area contributed by atoms with Gasteiger partial charge in [0.15, 0.2) is 11.0 Å². The number of halogens is 3. The van der Waals surface area contributed by atoms with Crippen LogP contribution in [0.2, 0.25) is 0 Å². The van der Waals surface area contributed by atoms with Crippen molar-refractivity contribution in [2.24, 2.45) is 10.1 Å². The third-order valence-corrected chi connectivity index (χ3v) is 5.34. The molecule has 138 valence electrons. The molecule has 0 saturated heterocycles. The van der Waals surface area contributed by atoms with Gasteiger partial charge in [0.1, 0.15) is 11.5 Å². The maximum Gasteiger partial charge on any atom is 0.182 e. The maximum absolute atomic E-state index is 13.7. The zero-order valence-corrected chi connectivity index (χ0v) is 16.1. The van der Waals surface area contributed by atoms with Gasteiger partial charge in [0.2, 0.25) is 0 Å². The zero-order valence-electron chi connectivity index (χ0n) is 14.4. The standard InChI is InChI=1S/C18H18F2N4S.ClH/c1-10-7-14(11(2)24(10)13-4-5-13)17-9-25-18(23-22-17)21-16-6-3-12(19)8-15(16)20;/h3,6-8,13H,4-5,9H2,1-2H3,(H,21,23);1H. The summed E-state index contributed by atoms with van der Waals surface area (Å²) in [7, 11) is 0. The van der Waals surface area contributed by atoms with Crippen molar-refractivity contribution < 1.29 is 8.78 Å². The summed E-state index contributed by atoms with van der Waals surface area (Å²) in [5, 5.41) is 4.93. The van der Waals surface area contributed by atoms with E-state index < -0.39 is 11.6 Å². The Bertz CT molecular complexity index is 903. The molecule has 1 N–H and O–H groups in total. The molecule has 0 spiro atoms. The molecule has 0 atom stereocenters. The van der Waals surface area contributed by atoms with E-state index in [0.29, 0.717) is 17.0 Å². The first-order valence-corrected chi connectivity index (χ1v) is 9.19. The summed E-state index contributed by atoms with van der Waals surface area (Å²) in [5.74, 6) is -0.640. The number of rotatable bonds is 3. The molecule has 0 radical (unpaired) electrons. The normalized spacial score (nSPS) is 18.3. The molecule has 26 heavy (non-hydrogen) atoms. The van der Waals surface area contributed by atoms with Crippen LogP contribution in [0.1, 0.15) is 35.8 Å². The van der Waals surface area contributed by atoms with Gasteiger partial charge in [-0.25, -0.2) is 13.8 Å². The number of amidine groups is 1. The van der Waals surface area contributed by atoms with Crippen LogP contribution in [0.15, 0.2) is 34.4 Å². The second-order valence-electron chi connectivity index (χ2n) is 6.36. The summed E-state index contributed by atoms with van der Waals surface area (Å²) in [5.41, 5.74) is 7.60. The fourth-order valence-electron chi connectivity index (χ4n) is 3.16. The van der Waals surface area contributed by atoms with Crippen LogP contribution in [0.5, 0.6) is 0 Å². The predicted octanol–water partition coefficient (Wildman–Crippen LogP) is 4.87. The second kappa shape index (κ2) is 7.40. The lowest BCUT2D eigenvalue weighted by Crippen LogP contribution is -2.25. The minimum Gasteiger partial charge on any atom is -0.345 e. The van der Waals surface area contributed by atoms with E-state index in [1.165, 1.54) is 48.1 Å². The van der Waals surface area contributed by atoms with E-state index in [9.17, 15) is 8.78 Å². The Morgan fingerprint density at radius 3 is 2.62 bits per heavy atom. The molecule has 4 nitrogen and oxygen atoms in total. The first-order chi connectivity index (χ1) is 12.0. The predicted molar refractivity (Wildman–Crippen MR) is 105 cm³/mol. The van der Waals surface area contributed by atoms with Crippen LogP contribution in [-0.4, -0.2) is 21.2 Å². The van der Waals surface area contributed by atoms with Crippen molar-refractivity contribution in [3.8, 4) is 0 Å². The lowest BCUT2D eigenvalue weighted by Gasteiger charge is -2.15. The number of hydrogen-bond acceptors (Lipinski definition) is 3. The van der Waals surface area contributed by atoms with Gasteiger partial charge in [-0.1, -0.05) is 11.8 Å². The molecule has 2 heterocycles. The smallest absolute Gasteiger partial charge is 0.182 e. The van der Waals surface area contributed by atoms with Crippen LogP contribution in [-0.2, 0) is 0 Å². The minimum atomic E-state index is -0.683. The summed E-state index contributed by atoms with van der Waals surface area (Å²) in [6.07, 6.45) is 2.49. The number of aryl methyl sites for hydroxylation is 1. The quantitative estimate of drug-likeness (QED) is 0.804. The van der Waals surface area contributed by atoms with Gasteiger partial charge < -0.3 is 4.57 Å². The van der Waals surface area contributed by atoms with Crippen molar-refractivity contribution >= 4 is 40.7 Å². The van der Waals surface area contributed by atoms with Gasteiger partial charge in [-0.3, -0.25) is 5.43 Å². The molecule has 1 aliphatic heterocycles. The summed E-state index contributed by atoms with van der Waals surface area (Å²) in [6, 6.07) is 6.15. The van der Waals surface area contributed by atoms with Crippen molar-refractivity contribution in [1.29, 1.82) is 0 Å². The Kier molecular flexibility index (Phi) is 5.39. The third-order valence-electron chi connectivity index (χ3n) is 4.47. The number of hydrazone groups is 1. The highest BCUT2D eigenvalue weighted by Gasteiger charge is 2.28. The van der Waals surface area contributed by atoms with Crippen LogP contribution >= 0.6 is 24.2 Å². The van der Waals surface area contributed by atoms with Gasteiger partial charge in [0, 0.05) is 34.8 Å². The number of aromatic nitrogens is 1. The van der Waals surface area contributed by atoms with Gasteiger partial charge in [-0.05, 0) is 44.9 Å². The van der Waals surface area contributed by atoms with E-state index in [4.69, 9.17) is 0 Å². The van der Waals surface area contributed by atoms with Gasteiger partial charge >= 0.3 is 0 Å². The molecule has 8 heteroatoms. The molecular formula is C18H19ClF2N4S. The van der Waals surface area contributed by atoms with Crippen LogP contribution in [0.4, 0.5) is 14.5 Å². The highest BCUT2D eigenvalue weighted by molar-refractivity contribution is 8.14. The molecule has 0 amide bonds. The molecule has 1 aliphatic carbocycles. The molecule has 1 aromatic carbocycles. The van der Waals surface area contributed by atoms with Crippen LogP contribution in [0, 0.1) is 25.5 Å². The van der Waals surface area contributed by atoms with E-state index in [1.807, 2.05) is 0 Å². The van der Waals surface area contributed by atoms with Gasteiger partial charge in [-0.2, -0.15) is 5.10 Å². The fourth-order valence-corrected chi connectivity index (χ4v) is 3.92. The number of hydrogen-bond donors (Lipinski definition) is 1. The van der Waals surface area contributed by atoms with Crippen molar-refractivity contribution in [2.45, 2.75) is 32.7 Å². The highest BCUT2D eigenvalue weighted by atomic mass is 35.5. The molecule has 1 aromatic heterocycles. The van der Waals surface area contributed by atoms with Crippen LogP contribution in [0.25, 0.3) is 0 Å². The van der Waals surface area contributed by atoms with Crippen molar-refractivity contribution in [1.82, 2.24) is 9.99 Å².